The zero-order valence-electron chi connectivity index (χ0n) is 14.4. The van der Waals surface area contributed by atoms with Crippen LogP contribution in [0.1, 0.15) is 45.3 Å². The van der Waals surface area contributed by atoms with Crippen molar-refractivity contribution in [3.8, 4) is 11.3 Å². The van der Waals surface area contributed by atoms with Crippen molar-refractivity contribution >= 4 is 6.09 Å². The lowest BCUT2D eigenvalue weighted by Crippen LogP contribution is -2.36. The third kappa shape index (κ3) is 3.72. The third-order valence-electron chi connectivity index (χ3n) is 3.98. The highest BCUT2D eigenvalue weighted by molar-refractivity contribution is 5.69. The number of hydrogen-bond acceptors (Lipinski definition) is 4. The van der Waals surface area contributed by atoms with Crippen molar-refractivity contribution in [1.82, 2.24) is 14.9 Å². The van der Waals surface area contributed by atoms with Gasteiger partial charge in [0.1, 0.15) is 11.9 Å². The van der Waals surface area contributed by atoms with Crippen LogP contribution in [0.15, 0.2) is 42.7 Å². The summed E-state index contributed by atoms with van der Waals surface area (Å²) in [6, 6.07) is 11.9. The maximum absolute atomic E-state index is 12.5. The molecular weight excluding hydrogens is 302 g/mol. The van der Waals surface area contributed by atoms with Gasteiger partial charge in [-0.2, -0.15) is 0 Å². The molecule has 1 aromatic carbocycles. The van der Waals surface area contributed by atoms with Gasteiger partial charge in [-0.25, -0.2) is 14.8 Å². The van der Waals surface area contributed by atoms with Crippen LogP contribution in [0.5, 0.6) is 0 Å². The molecular formula is C19H23N3O2. The minimum atomic E-state index is -0.495. The quantitative estimate of drug-likeness (QED) is 0.829. The molecule has 0 unspecified atom stereocenters. The van der Waals surface area contributed by atoms with Gasteiger partial charge in [0.2, 0.25) is 0 Å². The van der Waals surface area contributed by atoms with Gasteiger partial charge in [-0.1, -0.05) is 30.3 Å². The van der Waals surface area contributed by atoms with Gasteiger partial charge in [-0.3, -0.25) is 4.90 Å². The van der Waals surface area contributed by atoms with Crippen molar-refractivity contribution in [2.45, 2.75) is 45.3 Å². The number of aromatic nitrogens is 2. The zero-order chi connectivity index (χ0) is 17.2. The second-order valence-electron chi connectivity index (χ2n) is 7.03. The van der Waals surface area contributed by atoms with Gasteiger partial charge < -0.3 is 4.74 Å². The molecule has 0 radical (unpaired) electrons. The van der Waals surface area contributed by atoms with Crippen molar-refractivity contribution in [1.29, 1.82) is 0 Å². The first-order valence-electron chi connectivity index (χ1n) is 8.31. The SMILES string of the molecule is CC(C)(C)OC(=O)N1CCC[C@H]1c1cc(-c2ccccc2)ncn1. The molecule has 1 aliphatic heterocycles. The van der Waals surface area contributed by atoms with Gasteiger partial charge in [0.15, 0.2) is 0 Å². The van der Waals surface area contributed by atoms with Crippen LogP contribution >= 0.6 is 0 Å². The van der Waals surface area contributed by atoms with Crippen LogP contribution in [-0.2, 0) is 4.74 Å². The molecule has 1 fully saturated rings. The first-order chi connectivity index (χ1) is 11.4. The summed E-state index contributed by atoms with van der Waals surface area (Å²) in [6.07, 6.45) is 3.15. The fourth-order valence-electron chi connectivity index (χ4n) is 2.93. The van der Waals surface area contributed by atoms with E-state index in [0.29, 0.717) is 6.54 Å². The van der Waals surface area contributed by atoms with E-state index in [0.717, 1.165) is 29.8 Å². The number of carbonyl (C=O) groups is 1. The average Bonchev–Trinajstić information content (AvgIpc) is 3.04. The number of rotatable bonds is 2. The Labute approximate surface area is 142 Å². The summed E-state index contributed by atoms with van der Waals surface area (Å²) in [6.45, 7) is 6.35. The van der Waals surface area contributed by atoms with Crippen LogP contribution in [-0.4, -0.2) is 33.1 Å². The number of benzene rings is 1. The van der Waals surface area contributed by atoms with Crippen LogP contribution in [0.4, 0.5) is 4.79 Å². The van der Waals surface area contributed by atoms with E-state index in [1.165, 1.54) is 0 Å². The zero-order valence-corrected chi connectivity index (χ0v) is 14.4. The normalized spacial score (nSPS) is 17.8. The van der Waals surface area contributed by atoms with Crippen molar-refractivity contribution in [2.75, 3.05) is 6.54 Å². The largest absolute Gasteiger partial charge is 0.444 e. The Bertz CT molecular complexity index is 710. The molecule has 126 valence electrons. The van der Waals surface area contributed by atoms with Gasteiger partial charge in [0.05, 0.1) is 17.4 Å². The Morgan fingerprint density at radius 1 is 1.21 bits per heavy atom. The number of nitrogens with zero attached hydrogens (tertiary/aromatic N) is 3. The first kappa shape index (κ1) is 16.4. The molecule has 1 atom stereocenters. The Kier molecular flexibility index (Phi) is 4.51. The molecule has 2 aromatic rings. The fourth-order valence-corrected chi connectivity index (χ4v) is 2.93. The molecule has 1 aliphatic rings. The van der Waals surface area contributed by atoms with Crippen LogP contribution in [0, 0.1) is 0 Å². The predicted molar refractivity (Wildman–Crippen MR) is 92.4 cm³/mol. The van der Waals surface area contributed by atoms with E-state index in [9.17, 15) is 4.79 Å². The lowest BCUT2D eigenvalue weighted by atomic mass is 10.1. The smallest absolute Gasteiger partial charge is 0.410 e. The second-order valence-corrected chi connectivity index (χ2v) is 7.03. The monoisotopic (exact) mass is 325 g/mol. The van der Waals surface area contributed by atoms with Gasteiger partial charge in [0.25, 0.3) is 0 Å². The Morgan fingerprint density at radius 3 is 2.67 bits per heavy atom. The topological polar surface area (TPSA) is 55.3 Å². The van der Waals surface area contributed by atoms with Crippen LogP contribution in [0.3, 0.4) is 0 Å². The number of ether oxygens (including phenoxy) is 1. The van der Waals surface area contributed by atoms with E-state index in [4.69, 9.17) is 4.74 Å². The molecule has 5 nitrogen and oxygen atoms in total. The summed E-state index contributed by atoms with van der Waals surface area (Å²) in [5.41, 5.74) is 2.29. The van der Waals surface area contributed by atoms with E-state index in [1.807, 2.05) is 57.2 Å². The lowest BCUT2D eigenvalue weighted by molar-refractivity contribution is 0.0221. The molecule has 1 aromatic heterocycles. The molecule has 0 bridgehead atoms. The van der Waals surface area contributed by atoms with Gasteiger partial charge in [0, 0.05) is 12.1 Å². The van der Waals surface area contributed by atoms with E-state index in [2.05, 4.69) is 9.97 Å². The Balaban J connectivity index is 1.84. The van der Waals surface area contributed by atoms with Gasteiger partial charge in [-0.05, 0) is 39.7 Å². The average molecular weight is 325 g/mol. The molecule has 3 rings (SSSR count). The number of hydrogen-bond donors (Lipinski definition) is 0. The molecule has 0 spiro atoms. The van der Waals surface area contributed by atoms with E-state index in [1.54, 1.807) is 11.2 Å². The minimum Gasteiger partial charge on any atom is -0.444 e. The molecule has 5 heteroatoms. The van der Waals surface area contributed by atoms with Crippen LogP contribution < -0.4 is 0 Å². The third-order valence-corrected chi connectivity index (χ3v) is 3.98. The summed E-state index contributed by atoms with van der Waals surface area (Å²) < 4.78 is 5.53. The highest BCUT2D eigenvalue weighted by atomic mass is 16.6. The number of amides is 1. The maximum Gasteiger partial charge on any atom is 0.410 e. The molecule has 1 amide bonds. The van der Waals surface area contributed by atoms with E-state index >= 15 is 0 Å². The molecule has 0 N–H and O–H groups in total. The Morgan fingerprint density at radius 2 is 1.96 bits per heavy atom. The molecule has 0 saturated carbocycles. The molecule has 0 aliphatic carbocycles. The standard InChI is InChI=1S/C19H23N3O2/c1-19(2,3)24-18(23)22-11-7-10-17(22)16-12-15(20-13-21-16)14-8-5-4-6-9-14/h4-6,8-9,12-13,17H,7,10-11H2,1-3H3/t17-/m0/s1. The van der Waals surface area contributed by atoms with Crippen molar-refractivity contribution in [2.24, 2.45) is 0 Å². The van der Waals surface area contributed by atoms with Gasteiger partial charge >= 0.3 is 6.09 Å². The van der Waals surface area contributed by atoms with Gasteiger partial charge in [-0.15, -0.1) is 0 Å². The predicted octanol–water partition coefficient (Wildman–Crippen LogP) is 4.22. The summed E-state index contributed by atoms with van der Waals surface area (Å²) in [5, 5.41) is 0. The highest BCUT2D eigenvalue weighted by Gasteiger charge is 2.34. The summed E-state index contributed by atoms with van der Waals surface area (Å²) >= 11 is 0. The number of likely N-dealkylation sites (tertiary alicyclic amines) is 1. The van der Waals surface area contributed by atoms with Crippen molar-refractivity contribution in [3.05, 3.63) is 48.4 Å². The summed E-state index contributed by atoms with van der Waals surface area (Å²) in [4.78, 5) is 23.0. The van der Waals surface area contributed by atoms with Crippen molar-refractivity contribution < 1.29 is 9.53 Å². The fraction of sp³-hybridized carbons (Fsp3) is 0.421. The molecule has 24 heavy (non-hydrogen) atoms. The lowest BCUT2D eigenvalue weighted by Gasteiger charge is -2.28. The minimum absolute atomic E-state index is 0.0506. The Hall–Kier alpha value is -2.43. The van der Waals surface area contributed by atoms with E-state index in [-0.39, 0.29) is 12.1 Å². The first-order valence-corrected chi connectivity index (χ1v) is 8.31. The second kappa shape index (κ2) is 6.59. The summed E-state index contributed by atoms with van der Waals surface area (Å²) in [5.74, 6) is 0. The van der Waals surface area contributed by atoms with Crippen molar-refractivity contribution in [3.63, 3.8) is 0 Å². The summed E-state index contributed by atoms with van der Waals surface area (Å²) in [7, 11) is 0. The molecule has 1 saturated heterocycles. The number of carbonyl (C=O) groups excluding carboxylic acids is 1. The van der Waals surface area contributed by atoms with Crippen LogP contribution in [0.25, 0.3) is 11.3 Å². The van der Waals surface area contributed by atoms with Crippen LogP contribution in [0.2, 0.25) is 0 Å². The maximum atomic E-state index is 12.5. The highest BCUT2D eigenvalue weighted by Crippen LogP contribution is 2.33. The molecule has 2 heterocycles. The van der Waals surface area contributed by atoms with E-state index < -0.39 is 5.60 Å².